The quantitative estimate of drug-likeness (QED) is 0.896. The topological polar surface area (TPSA) is 57.4 Å². The molecule has 2 aliphatic rings. The van der Waals surface area contributed by atoms with Gasteiger partial charge < -0.3 is 19.9 Å². The first-order valence-corrected chi connectivity index (χ1v) is 9.39. The average molecular weight is 341 g/mol. The summed E-state index contributed by atoms with van der Waals surface area (Å²) in [6.07, 6.45) is 3.60. The van der Waals surface area contributed by atoms with E-state index < -0.39 is 0 Å². The smallest absolute Gasteiger partial charge is 0.408 e. The second kappa shape index (κ2) is 6.37. The van der Waals surface area contributed by atoms with Crippen molar-refractivity contribution in [1.29, 1.82) is 0 Å². The van der Waals surface area contributed by atoms with E-state index in [0.29, 0.717) is 0 Å². The standard InChI is InChI=1S/C20H27N3O2/c1-3-18-20(25-19(24)22-18)9-12-23(13-10-20)11-8-15-14(2)21-17-7-5-4-6-16(15)17/h4-7,18,21H,3,8-13H2,1-2H3,(H,22,24). The molecule has 1 aromatic carbocycles. The van der Waals surface area contributed by atoms with E-state index in [1.807, 2.05) is 0 Å². The number of amides is 1. The number of carbonyl (C=O) groups excluding carboxylic acids is 1. The van der Waals surface area contributed by atoms with E-state index in [1.54, 1.807) is 0 Å². The number of nitrogens with zero attached hydrogens (tertiary/aromatic N) is 1. The van der Waals surface area contributed by atoms with Crippen LogP contribution in [0, 0.1) is 6.92 Å². The molecule has 1 amide bonds. The van der Waals surface area contributed by atoms with Gasteiger partial charge in [0.2, 0.25) is 0 Å². The molecule has 1 aromatic heterocycles. The highest BCUT2D eigenvalue weighted by Crippen LogP contribution is 2.35. The Bertz CT molecular complexity index is 774. The molecule has 134 valence electrons. The van der Waals surface area contributed by atoms with Crippen molar-refractivity contribution in [2.75, 3.05) is 19.6 Å². The van der Waals surface area contributed by atoms with Crippen LogP contribution in [0.1, 0.15) is 37.4 Å². The molecule has 2 aromatic rings. The summed E-state index contributed by atoms with van der Waals surface area (Å²) in [6, 6.07) is 8.69. The molecule has 2 saturated heterocycles. The maximum absolute atomic E-state index is 11.7. The van der Waals surface area contributed by atoms with E-state index in [9.17, 15) is 4.79 Å². The summed E-state index contributed by atoms with van der Waals surface area (Å²) in [7, 11) is 0. The highest BCUT2D eigenvalue weighted by Gasteiger charge is 2.49. The minimum absolute atomic E-state index is 0.165. The number of benzene rings is 1. The van der Waals surface area contributed by atoms with Gasteiger partial charge >= 0.3 is 6.09 Å². The highest BCUT2D eigenvalue weighted by molar-refractivity contribution is 5.84. The van der Waals surface area contributed by atoms with E-state index in [1.165, 1.54) is 22.2 Å². The molecule has 0 radical (unpaired) electrons. The summed E-state index contributed by atoms with van der Waals surface area (Å²) in [4.78, 5) is 17.7. The number of H-pyrrole nitrogens is 1. The van der Waals surface area contributed by atoms with Crippen molar-refractivity contribution in [2.24, 2.45) is 0 Å². The highest BCUT2D eigenvalue weighted by atomic mass is 16.6. The van der Waals surface area contributed by atoms with Gasteiger partial charge in [-0.15, -0.1) is 0 Å². The summed E-state index contributed by atoms with van der Waals surface area (Å²) in [6.45, 7) is 7.32. The van der Waals surface area contributed by atoms with Crippen LogP contribution in [0.25, 0.3) is 10.9 Å². The number of aryl methyl sites for hydroxylation is 1. The van der Waals surface area contributed by atoms with Crippen LogP contribution < -0.4 is 5.32 Å². The number of para-hydroxylation sites is 1. The van der Waals surface area contributed by atoms with Crippen molar-refractivity contribution in [1.82, 2.24) is 15.2 Å². The van der Waals surface area contributed by atoms with Crippen LogP contribution in [0.3, 0.4) is 0 Å². The Morgan fingerprint density at radius 1 is 1.28 bits per heavy atom. The molecule has 2 N–H and O–H groups in total. The number of alkyl carbamates (subject to hydrolysis) is 1. The fourth-order valence-electron chi connectivity index (χ4n) is 4.57. The Morgan fingerprint density at radius 2 is 2.04 bits per heavy atom. The Hall–Kier alpha value is -2.01. The monoisotopic (exact) mass is 341 g/mol. The van der Waals surface area contributed by atoms with Crippen molar-refractivity contribution >= 4 is 17.0 Å². The second-order valence-electron chi connectivity index (χ2n) is 7.43. The Labute approximate surface area is 148 Å². The maximum atomic E-state index is 11.7. The zero-order valence-electron chi connectivity index (χ0n) is 15.1. The summed E-state index contributed by atoms with van der Waals surface area (Å²) < 4.78 is 5.69. The molecular formula is C20H27N3O2. The molecule has 2 aliphatic heterocycles. The molecule has 0 aliphatic carbocycles. The number of carbonyl (C=O) groups is 1. The van der Waals surface area contributed by atoms with Crippen molar-refractivity contribution in [3.8, 4) is 0 Å². The number of aromatic nitrogens is 1. The molecule has 5 heteroatoms. The van der Waals surface area contributed by atoms with Gasteiger partial charge in [-0.3, -0.25) is 0 Å². The first-order chi connectivity index (χ1) is 12.1. The van der Waals surface area contributed by atoms with E-state index >= 15 is 0 Å². The van der Waals surface area contributed by atoms with Crippen LogP contribution in [0.2, 0.25) is 0 Å². The summed E-state index contributed by atoms with van der Waals surface area (Å²) in [5, 5.41) is 4.32. The molecule has 1 unspecified atom stereocenters. The van der Waals surface area contributed by atoms with Crippen molar-refractivity contribution in [3.63, 3.8) is 0 Å². The summed E-state index contributed by atoms with van der Waals surface area (Å²) in [5.74, 6) is 0. The lowest BCUT2D eigenvalue weighted by molar-refractivity contribution is -0.0188. The van der Waals surface area contributed by atoms with Crippen LogP contribution in [-0.4, -0.2) is 47.3 Å². The third kappa shape index (κ3) is 2.91. The number of rotatable bonds is 4. The van der Waals surface area contributed by atoms with Gasteiger partial charge in [-0.1, -0.05) is 25.1 Å². The zero-order valence-corrected chi connectivity index (χ0v) is 15.1. The van der Waals surface area contributed by atoms with Gasteiger partial charge in [-0.25, -0.2) is 4.79 Å². The normalized spacial score (nSPS) is 23.1. The predicted octanol–water partition coefficient (Wildman–Crippen LogP) is 3.37. The summed E-state index contributed by atoms with van der Waals surface area (Å²) >= 11 is 0. The molecule has 0 bridgehead atoms. The second-order valence-corrected chi connectivity index (χ2v) is 7.43. The molecular weight excluding hydrogens is 314 g/mol. The lowest BCUT2D eigenvalue weighted by Crippen LogP contribution is -2.51. The molecule has 5 nitrogen and oxygen atoms in total. The SMILES string of the molecule is CCC1NC(=O)OC12CCN(CCc1c(C)[nH]c3ccccc13)CC2. The van der Waals surface area contributed by atoms with Gasteiger partial charge in [0.05, 0.1) is 6.04 Å². The third-order valence-corrected chi connectivity index (χ3v) is 6.04. The molecule has 3 heterocycles. The van der Waals surface area contributed by atoms with E-state index in [4.69, 9.17) is 4.74 Å². The summed E-state index contributed by atoms with van der Waals surface area (Å²) in [5.41, 5.74) is 3.65. The first kappa shape index (κ1) is 16.5. The molecule has 25 heavy (non-hydrogen) atoms. The largest absolute Gasteiger partial charge is 0.441 e. The Kier molecular flexibility index (Phi) is 4.20. The number of hydrogen-bond donors (Lipinski definition) is 2. The number of fused-ring (bicyclic) bond motifs is 1. The number of likely N-dealkylation sites (tertiary alicyclic amines) is 1. The Morgan fingerprint density at radius 3 is 2.80 bits per heavy atom. The third-order valence-electron chi connectivity index (χ3n) is 6.04. The molecule has 4 rings (SSSR count). The van der Waals surface area contributed by atoms with Crippen LogP contribution in [0.4, 0.5) is 4.79 Å². The molecule has 0 saturated carbocycles. The fourth-order valence-corrected chi connectivity index (χ4v) is 4.57. The van der Waals surface area contributed by atoms with Gasteiger partial charge in [0.25, 0.3) is 0 Å². The van der Waals surface area contributed by atoms with Gasteiger partial charge in [-0.05, 0) is 31.4 Å². The lowest BCUT2D eigenvalue weighted by Gasteiger charge is -2.40. The van der Waals surface area contributed by atoms with Crippen LogP contribution in [0.5, 0.6) is 0 Å². The molecule has 2 fully saturated rings. The molecule has 1 atom stereocenters. The average Bonchev–Trinajstić information content (AvgIpc) is 3.10. The predicted molar refractivity (Wildman–Crippen MR) is 98.8 cm³/mol. The van der Waals surface area contributed by atoms with Crippen molar-refractivity contribution < 1.29 is 9.53 Å². The number of ether oxygens (including phenoxy) is 1. The van der Waals surface area contributed by atoms with Gasteiger partial charge in [-0.2, -0.15) is 0 Å². The van der Waals surface area contributed by atoms with Crippen LogP contribution in [0.15, 0.2) is 24.3 Å². The van der Waals surface area contributed by atoms with E-state index in [0.717, 1.165) is 45.3 Å². The van der Waals surface area contributed by atoms with Crippen molar-refractivity contribution in [2.45, 2.75) is 51.2 Å². The number of piperidine rings is 1. The van der Waals surface area contributed by atoms with Crippen molar-refractivity contribution in [3.05, 3.63) is 35.5 Å². The number of nitrogens with one attached hydrogen (secondary N) is 2. The van der Waals surface area contributed by atoms with Gasteiger partial charge in [0.1, 0.15) is 5.60 Å². The van der Waals surface area contributed by atoms with Crippen LogP contribution >= 0.6 is 0 Å². The zero-order chi connectivity index (χ0) is 17.4. The molecule has 1 spiro atoms. The minimum Gasteiger partial charge on any atom is -0.441 e. The van der Waals surface area contributed by atoms with E-state index in [2.05, 4.69) is 53.3 Å². The van der Waals surface area contributed by atoms with E-state index in [-0.39, 0.29) is 17.7 Å². The van der Waals surface area contributed by atoms with Gasteiger partial charge in [0.15, 0.2) is 0 Å². The minimum atomic E-state index is -0.279. The number of aromatic amines is 1. The maximum Gasteiger partial charge on any atom is 0.408 e. The number of hydrogen-bond acceptors (Lipinski definition) is 3. The Balaban J connectivity index is 1.39. The first-order valence-electron chi connectivity index (χ1n) is 9.39. The van der Waals surface area contributed by atoms with Crippen LogP contribution in [-0.2, 0) is 11.2 Å². The van der Waals surface area contributed by atoms with Gasteiger partial charge in [0, 0.05) is 49.1 Å². The fraction of sp³-hybridized carbons (Fsp3) is 0.550. The lowest BCUT2D eigenvalue weighted by atomic mass is 9.83.